The molecule has 5 nitrogen and oxygen atoms in total. The van der Waals surface area contributed by atoms with Crippen LogP contribution in [0.1, 0.15) is 28.3 Å². The molecule has 5 heteroatoms. The number of rotatable bonds is 9. The van der Waals surface area contributed by atoms with Crippen LogP contribution < -0.4 is 5.73 Å². The van der Waals surface area contributed by atoms with Gasteiger partial charge in [0.1, 0.15) is 6.61 Å². The predicted molar refractivity (Wildman–Crippen MR) is 141 cm³/mol. The second-order valence-corrected chi connectivity index (χ2v) is 8.48. The number of carbonyl (C=O) groups excluding carboxylic acids is 2. The van der Waals surface area contributed by atoms with E-state index < -0.39 is 24.1 Å². The van der Waals surface area contributed by atoms with E-state index >= 15 is 0 Å². The molecule has 1 unspecified atom stereocenters. The van der Waals surface area contributed by atoms with Gasteiger partial charge in [0.05, 0.1) is 12.1 Å². The van der Waals surface area contributed by atoms with Crippen LogP contribution in [0.2, 0.25) is 0 Å². The van der Waals surface area contributed by atoms with Gasteiger partial charge in [-0.3, -0.25) is 4.79 Å². The number of nitrogens with two attached hydrogens (primary N) is 1. The van der Waals surface area contributed by atoms with Crippen molar-refractivity contribution in [1.82, 2.24) is 4.90 Å². The van der Waals surface area contributed by atoms with Gasteiger partial charge in [0, 0.05) is 6.42 Å². The molecule has 0 aliphatic rings. The third-order valence-electron chi connectivity index (χ3n) is 5.82. The van der Waals surface area contributed by atoms with Crippen LogP contribution in [-0.4, -0.2) is 22.9 Å². The number of hydrogen-bond donors (Lipinski definition) is 1. The molecule has 2 N–H and O–H groups in total. The SMILES string of the molecule is N[C@@H](Cc1ccccc1)C(=O)N(C(=O)OCc1ccccc1)C([CH]c1ccccc1)c1ccccc1. The quantitative estimate of drug-likeness (QED) is 0.335. The number of nitrogens with zero attached hydrogens (tertiary/aromatic N) is 1. The molecule has 4 aromatic rings. The van der Waals surface area contributed by atoms with Crippen molar-refractivity contribution < 1.29 is 14.3 Å². The first-order valence-electron chi connectivity index (χ1n) is 11.9. The maximum atomic E-state index is 13.8. The highest BCUT2D eigenvalue weighted by atomic mass is 16.6. The van der Waals surface area contributed by atoms with Crippen LogP contribution in [0.3, 0.4) is 0 Å². The minimum atomic E-state index is -0.924. The Hall–Kier alpha value is -4.22. The van der Waals surface area contributed by atoms with Crippen LogP contribution in [0.4, 0.5) is 4.79 Å². The summed E-state index contributed by atoms with van der Waals surface area (Å²) in [5.74, 6) is -0.502. The summed E-state index contributed by atoms with van der Waals surface area (Å²) < 4.78 is 5.64. The molecular weight excluding hydrogens is 448 g/mol. The van der Waals surface area contributed by atoms with Gasteiger partial charge < -0.3 is 10.5 Å². The first-order valence-corrected chi connectivity index (χ1v) is 11.9. The van der Waals surface area contributed by atoms with E-state index in [0.717, 1.165) is 27.2 Å². The maximum Gasteiger partial charge on any atom is 0.417 e. The molecule has 0 fully saturated rings. The zero-order valence-electron chi connectivity index (χ0n) is 19.9. The van der Waals surface area contributed by atoms with Crippen LogP contribution in [-0.2, 0) is 22.6 Å². The van der Waals surface area contributed by atoms with Crippen molar-refractivity contribution >= 4 is 12.0 Å². The molecule has 0 aliphatic carbocycles. The lowest BCUT2D eigenvalue weighted by Gasteiger charge is -2.31. The van der Waals surface area contributed by atoms with E-state index in [-0.39, 0.29) is 6.61 Å². The van der Waals surface area contributed by atoms with Crippen LogP contribution in [0.25, 0.3) is 0 Å². The van der Waals surface area contributed by atoms with Gasteiger partial charge in [0.2, 0.25) is 5.91 Å². The van der Waals surface area contributed by atoms with Crippen molar-refractivity contribution in [3.8, 4) is 0 Å². The van der Waals surface area contributed by atoms with Gasteiger partial charge in [-0.05, 0) is 28.7 Å². The Balaban J connectivity index is 1.66. The minimum Gasteiger partial charge on any atom is -0.444 e. The fourth-order valence-corrected chi connectivity index (χ4v) is 3.98. The number of carbonyl (C=O) groups is 2. The van der Waals surface area contributed by atoms with Crippen LogP contribution in [0.5, 0.6) is 0 Å². The zero-order chi connectivity index (χ0) is 25.2. The Bertz CT molecular complexity index is 1230. The lowest BCUT2D eigenvalue weighted by atomic mass is 9.96. The third kappa shape index (κ3) is 6.68. The maximum absolute atomic E-state index is 13.8. The Kier molecular flexibility index (Phi) is 8.62. The van der Waals surface area contributed by atoms with E-state index in [1.807, 2.05) is 128 Å². The number of benzene rings is 4. The summed E-state index contributed by atoms with van der Waals surface area (Å²) in [4.78, 5) is 28.5. The second kappa shape index (κ2) is 12.5. The summed E-state index contributed by atoms with van der Waals surface area (Å²) in [7, 11) is 0. The lowest BCUT2D eigenvalue weighted by molar-refractivity contribution is -0.132. The van der Waals surface area contributed by atoms with E-state index in [9.17, 15) is 9.59 Å². The van der Waals surface area contributed by atoms with Crippen molar-refractivity contribution in [3.63, 3.8) is 0 Å². The Morgan fingerprint density at radius 1 is 0.722 bits per heavy atom. The molecule has 181 valence electrons. The Morgan fingerprint density at radius 3 is 1.81 bits per heavy atom. The second-order valence-electron chi connectivity index (χ2n) is 8.48. The van der Waals surface area contributed by atoms with Crippen LogP contribution in [0.15, 0.2) is 121 Å². The van der Waals surface area contributed by atoms with Gasteiger partial charge in [0.25, 0.3) is 0 Å². The lowest BCUT2D eigenvalue weighted by Crippen LogP contribution is -2.49. The summed E-state index contributed by atoms with van der Waals surface area (Å²) in [6.45, 7) is 0.0459. The Labute approximate surface area is 212 Å². The molecule has 36 heavy (non-hydrogen) atoms. The van der Waals surface area contributed by atoms with Crippen molar-refractivity contribution in [3.05, 3.63) is 150 Å². The summed E-state index contributed by atoms with van der Waals surface area (Å²) in [5, 5.41) is 0. The van der Waals surface area contributed by atoms with Gasteiger partial charge in [-0.25, -0.2) is 9.69 Å². The largest absolute Gasteiger partial charge is 0.444 e. The predicted octanol–water partition coefficient (Wildman–Crippen LogP) is 5.72. The summed E-state index contributed by atoms with van der Waals surface area (Å²) in [6.07, 6.45) is 1.44. The monoisotopic (exact) mass is 477 g/mol. The van der Waals surface area contributed by atoms with Crippen LogP contribution in [0, 0.1) is 6.42 Å². The summed E-state index contributed by atoms with van der Waals surface area (Å²) in [6, 6.07) is 36.3. The molecule has 0 saturated carbocycles. The molecule has 2 atom stereocenters. The molecule has 0 aromatic heterocycles. The van der Waals surface area contributed by atoms with Gasteiger partial charge in [-0.15, -0.1) is 0 Å². The molecule has 0 aliphatic heterocycles. The number of ether oxygens (including phenoxy) is 1. The fourth-order valence-electron chi connectivity index (χ4n) is 3.98. The highest BCUT2D eigenvalue weighted by molar-refractivity contribution is 5.96. The van der Waals surface area contributed by atoms with Gasteiger partial charge in [-0.1, -0.05) is 121 Å². The molecule has 0 bridgehead atoms. The first kappa shape index (κ1) is 24.9. The third-order valence-corrected chi connectivity index (χ3v) is 5.82. The number of amides is 2. The molecule has 2 amide bonds. The average Bonchev–Trinajstić information content (AvgIpc) is 2.93. The molecule has 0 saturated heterocycles. The molecule has 4 aromatic carbocycles. The van der Waals surface area contributed by atoms with E-state index in [4.69, 9.17) is 10.5 Å². The average molecular weight is 478 g/mol. The molecule has 4 rings (SSSR count). The molecular formula is C31H29N2O3. The smallest absolute Gasteiger partial charge is 0.417 e. The van der Waals surface area contributed by atoms with Crippen molar-refractivity contribution in [1.29, 1.82) is 0 Å². The van der Waals surface area contributed by atoms with Gasteiger partial charge in [0.15, 0.2) is 0 Å². The fraction of sp³-hybridized carbons (Fsp3) is 0.129. The molecule has 0 spiro atoms. The number of imide groups is 1. The Morgan fingerprint density at radius 2 is 1.22 bits per heavy atom. The highest BCUT2D eigenvalue weighted by Crippen LogP contribution is 2.29. The van der Waals surface area contributed by atoms with E-state index in [1.165, 1.54) is 0 Å². The van der Waals surface area contributed by atoms with Crippen molar-refractivity contribution in [2.75, 3.05) is 0 Å². The van der Waals surface area contributed by atoms with Gasteiger partial charge in [-0.2, -0.15) is 0 Å². The zero-order valence-corrected chi connectivity index (χ0v) is 19.9. The van der Waals surface area contributed by atoms with Gasteiger partial charge >= 0.3 is 6.09 Å². The minimum absolute atomic E-state index is 0.0459. The normalized spacial score (nSPS) is 12.4. The molecule has 0 heterocycles. The summed E-state index contributed by atoms with van der Waals surface area (Å²) in [5.41, 5.74) is 9.78. The summed E-state index contributed by atoms with van der Waals surface area (Å²) >= 11 is 0. The van der Waals surface area contributed by atoms with E-state index in [1.54, 1.807) is 0 Å². The first-order chi connectivity index (χ1) is 17.6. The standard InChI is InChI=1S/C31H29N2O3/c32-28(21-24-13-5-1-6-14-24)30(34)33(31(35)36-23-26-17-9-3-10-18-26)29(27-19-11-4-12-20-27)22-25-15-7-2-8-16-25/h1-20,22,28-29H,21,23,32H2/t28-,29?/m0/s1. The number of hydrogen-bond acceptors (Lipinski definition) is 4. The van der Waals surface area contributed by atoms with Crippen molar-refractivity contribution in [2.45, 2.75) is 25.1 Å². The van der Waals surface area contributed by atoms with E-state index in [2.05, 4.69) is 0 Å². The van der Waals surface area contributed by atoms with Crippen LogP contribution >= 0.6 is 0 Å². The molecule has 1 radical (unpaired) electrons. The highest BCUT2D eigenvalue weighted by Gasteiger charge is 2.35. The van der Waals surface area contributed by atoms with Crippen molar-refractivity contribution in [2.24, 2.45) is 5.73 Å². The van der Waals surface area contributed by atoms with E-state index in [0.29, 0.717) is 6.42 Å². The topological polar surface area (TPSA) is 72.6 Å².